The largest absolute Gasteiger partial charge is 0.473 e. The number of hydrogen-bond donors (Lipinski definition) is 0. The fourth-order valence-electron chi connectivity index (χ4n) is 4.34. The normalized spacial score (nSPS) is 15.9. The van der Waals surface area contributed by atoms with E-state index in [-0.39, 0.29) is 24.8 Å². The summed E-state index contributed by atoms with van der Waals surface area (Å²) >= 11 is 0. The van der Waals surface area contributed by atoms with Gasteiger partial charge >= 0.3 is 18.0 Å². The fraction of sp³-hybridized carbons (Fsp3) is 0.393. The van der Waals surface area contributed by atoms with E-state index in [0.717, 1.165) is 0 Å². The molecule has 0 aliphatic heterocycles. The minimum Gasteiger partial charge on any atom is -0.473 e. The molecular weight excluding hydrogens is 586 g/mol. The second kappa shape index (κ2) is 12.5. The number of alkyl halides is 6. The Bertz CT molecular complexity index is 1460. The van der Waals surface area contributed by atoms with Crippen molar-refractivity contribution in [1.82, 2.24) is 15.2 Å². The fourth-order valence-corrected chi connectivity index (χ4v) is 4.34. The zero-order valence-electron chi connectivity index (χ0n) is 22.5. The second-order valence-electron chi connectivity index (χ2n) is 9.82. The molecular formula is C28H26F6N4O5. The molecule has 15 heteroatoms. The Kier molecular flexibility index (Phi) is 9.23. The van der Waals surface area contributed by atoms with Crippen molar-refractivity contribution in [2.24, 2.45) is 5.92 Å². The molecule has 0 radical (unpaired) electrons. The third-order valence-electron chi connectivity index (χ3n) is 6.74. The van der Waals surface area contributed by atoms with Crippen molar-refractivity contribution < 1.29 is 45.2 Å². The molecule has 1 saturated carbocycles. The number of aromatic nitrogens is 3. The van der Waals surface area contributed by atoms with Gasteiger partial charge in [-0.05, 0) is 37.2 Å². The molecule has 1 fully saturated rings. The van der Waals surface area contributed by atoms with Gasteiger partial charge in [0.15, 0.2) is 0 Å². The van der Waals surface area contributed by atoms with E-state index in [1.165, 1.54) is 24.3 Å². The van der Waals surface area contributed by atoms with Crippen LogP contribution in [0.4, 0.5) is 32.0 Å². The Balaban J connectivity index is 1.83. The van der Waals surface area contributed by atoms with Crippen LogP contribution in [0.1, 0.15) is 49.1 Å². The maximum absolute atomic E-state index is 14.7. The van der Waals surface area contributed by atoms with Crippen LogP contribution in [-0.4, -0.2) is 32.4 Å². The SMILES string of the molecule is C=CCCC(OCc1ccccc1)(c1nnc(-c2nc(OC(CC=C)C3CC3)c(C(F)(F)F)cc2[N+](=O)[O-])o1)C(F)(F)F. The van der Waals surface area contributed by atoms with Crippen molar-refractivity contribution in [3.63, 3.8) is 0 Å². The van der Waals surface area contributed by atoms with Gasteiger partial charge < -0.3 is 13.9 Å². The highest BCUT2D eigenvalue weighted by molar-refractivity contribution is 5.64. The Morgan fingerprint density at radius 2 is 1.79 bits per heavy atom. The monoisotopic (exact) mass is 612 g/mol. The molecule has 2 unspecified atom stereocenters. The smallest absolute Gasteiger partial charge is 0.426 e. The van der Waals surface area contributed by atoms with Crippen LogP contribution in [0, 0.1) is 16.0 Å². The zero-order chi connectivity index (χ0) is 31.4. The molecule has 0 bridgehead atoms. The van der Waals surface area contributed by atoms with Crippen molar-refractivity contribution in [1.29, 1.82) is 0 Å². The number of halogens is 6. The first kappa shape index (κ1) is 31.7. The summed E-state index contributed by atoms with van der Waals surface area (Å²) in [4.78, 5) is 14.4. The van der Waals surface area contributed by atoms with Crippen LogP contribution < -0.4 is 4.74 Å². The molecule has 0 amide bonds. The Hall–Kier alpha value is -4.27. The topological polar surface area (TPSA) is 113 Å². The molecule has 0 spiro atoms. The molecule has 2 heterocycles. The van der Waals surface area contributed by atoms with Gasteiger partial charge in [-0.15, -0.1) is 23.4 Å². The quantitative estimate of drug-likeness (QED) is 0.0787. The molecule has 3 aromatic rings. The summed E-state index contributed by atoms with van der Waals surface area (Å²) in [6, 6.07) is 8.11. The molecule has 9 nitrogen and oxygen atoms in total. The van der Waals surface area contributed by atoms with E-state index >= 15 is 0 Å². The van der Waals surface area contributed by atoms with E-state index in [2.05, 4.69) is 28.3 Å². The van der Waals surface area contributed by atoms with Gasteiger partial charge in [-0.3, -0.25) is 10.1 Å². The van der Waals surface area contributed by atoms with Crippen LogP contribution in [0.5, 0.6) is 5.88 Å². The van der Waals surface area contributed by atoms with Gasteiger partial charge in [-0.25, -0.2) is 4.98 Å². The minimum absolute atomic E-state index is 0.0893. The number of nitro groups is 1. The highest BCUT2D eigenvalue weighted by atomic mass is 19.4. The van der Waals surface area contributed by atoms with Crippen LogP contribution in [0.25, 0.3) is 11.6 Å². The van der Waals surface area contributed by atoms with Gasteiger partial charge in [0.2, 0.25) is 17.2 Å². The molecule has 1 aliphatic carbocycles. The highest BCUT2D eigenvalue weighted by Gasteiger charge is 2.61. The molecule has 1 aliphatic rings. The summed E-state index contributed by atoms with van der Waals surface area (Å²) < 4.78 is 102. The van der Waals surface area contributed by atoms with Crippen LogP contribution in [0.2, 0.25) is 0 Å². The van der Waals surface area contributed by atoms with Crippen LogP contribution in [0.15, 0.2) is 66.1 Å². The first-order chi connectivity index (χ1) is 20.3. The van der Waals surface area contributed by atoms with Gasteiger partial charge in [0, 0.05) is 12.5 Å². The van der Waals surface area contributed by atoms with Gasteiger partial charge in [0.25, 0.3) is 11.8 Å². The maximum atomic E-state index is 14.7. The molecule has 43 heavy (non-hydrogen) atoms. The number of nitrogens with zero attached hydrogens (tertiary/aromatic N) is 4. The number of benzene rings is 1. The Labute approximate surface area is 241 Å². The van der Waals surface area contributed by atoms with Gasteiger partial charge in [0.05, 0.1) is 11.5 Å². The van der Waals surface area contributed by atoms with Gasteiger partial charge in [-0.2, -0.15) is 26.3 Å². The standard InChI is InChI=1S/C28H26F6N4O5/c1-3-5-14-26(28(32,33)34,41-16-17-10-7-6-8-11-17)25-37-36-24(43-25)22-20(38(39)40)15-19(27(29,30)31)23(35-22)42-21(9-4-2)18-12-13-18/h3-4,6-8,10-11,15,18,21H,1-2,5,9,12-14,16H2. The third-order valence-corrected chi connectivity index (χ3v) is 6.74. The number of allylic oxidation sites excluding steroid dienone is 1. The van der Waals surface area contributed by atoms with Crippen molar-refractivity contribution in [2.45, 2.75) is 62.8 Å². The predicted molar refractivity (Wildman–Crippen MR) is 140 cm³/mol. The summed E-state index contributed by atoms with van der Waals surface area (Å²) in [5, 5.41) is 18.8. The highest BCUT2D eigenvalue weighted by Crippen LogP contribution is 2.48. The number of pyridine rings is 1. The Morgan fingerprint density at radius 3 is 2.35 bits per heavy atom. The van der Waals surface area contributed by atoms with E-state index in [4.69, 9.17) is 13.9 Å². The average molecular weight is 613 g/mol. The molecule has 2 aromatic heterocycles. The number of ether oxygens (including phenoxy) is 2. The summed E-state index contributed by atoms with van der Waals surface area (Å²) in [6.45, 7) is 6.49. The lowest BCUT2D eigenvalue weighted by Gasteiger charge is -2.32. The van der Waals surface area contributed by atoms with E-state index in [1.54, 1.807) is 18.2 Å². The molecule has 2 atom stereocenters. The van der Waals surface area contributed by atoms with E-state index in [1.807, 2.05) is 0 Å². The predicted octanol–water partition coefficient (Wildman–Crippen LogP) is 7.73. The van der Waals surface area contributed by atoms with Crippen LogP contribution in [0.3, 0.4) is 0 Å². The molecule has 0 N–H and O–H groups in total. The van der Waals surface area contributed by atoms with Crippen molar-refractivity contribution >= 4 is 5.69 Å². The second-order valence-corrected chi connectivity index (χ2v) is 9.82. The lowest BCUT2D eigenvalue weighted by molar-refractivity contribution is -0.384. The van der Waals surface area contributed by atoms with E-state index < -0.39 is 76.6 Å². The minimum atomic E-state index is -5.13. The molecule has 230 valence electrons. The number of rotatable bonds is 14. The molecule has 0 saturated heterocycles. The summed E-state index contributed by atoms with van der Waals surface area (Å²) in [5.41, 5.74) is -6.47. The van der Waals surface area contributed by atoms with Crippen LogP contribution in [-0.2, 0) is 23.1 Å². The summed E-state index contributed by atoms with van der Waals surface area (Å²) in [7, 11) is 0. The maximum Gasteiger partial charge on any atom is 0.426 e. The average Bonchev–Trinajstić information content (AvgIpc) is 3.68. The molecule has 4 rings (SSSR count). The van der Waals surface area contributed by atoms with E-state index in [9.17, 15) is 36.5 Å². The first-order valence-electron chi connectivity index (χ1n) is 13.0. The van der Waals surface area contributed by atoms with Crippen molar-refractivity contribution in [3.8, 4) is 17.5 Å². The summed E-state index contributed by atoms with van der Waals surface area (Å²) in [6.07, 6.45) is -7.79. The van der Waals surface area contributed by atoms with Crippen LogP contribution >= 0.6 is 0 Å². The lowest BCUT2D eigenvalue weighted by Crippen LogP contribution is -2.45. The van der Waals surface area contributed by atoms with Crippen molar-refractivity contribution in [2.75, 3.05) is 0 Å². The van der Waals surface area contributed by atoms with Gasteiger partial charge in [0.1, 0.15) is 11.7 Å². The first-order valence-corrected chi connectivity index (χ1v) is 13.0. The lowest BCUT2D eigenvalue weighted by atomic mass is 9.96. The van der Waals surface area contributed by atoms with Crippen molar-refractivity contribution in [3.05, 3.63) is 88.8 Å². The zero-order valence-corrected chi connectivity index (χ0v) is 22.5. The number of hydrogen-bond acceptors (Lipinski definition) is 8. The summed E-state index contributed by atoms with van der Waals surface area (Å²) in [5.74, 6) is -3.15. The third kappa shape index (κ3) is 7.04. The van der Waals surface area contributed by atoms with E-state index in [0.29, 0.717) is 18.4 Å². The molecule has 1 aromatic carbocycles. The van der Waals surface area contributed by atoms with Gasteiger partial charge in [-0.1, -0.05) is 42.5 Å². The Morgan fingerprint density at radius 1 is 1.09 bits per heavy atom.